The Morgan fingerprint density at radius 3 is 3.18 bits per heavy atom. The van der Waals surface area contributed by atoms with Crippen LogP contribution in [-0.4, -0.2) is 11.0 Å². The quantitative estimate of drug-likeness (QED) is 0.519. The summed E-state index contributed by atoms with van der Waals surface area (Å²) in [6, 6.07) is 1.77. The van der Waals surface area contributed by atoms with Crippen molar-refractivity contribution in [2.45, 2.75) is 19.9 Å². The molecule has 0 saturated carbocycles. The van der Waals surface area contributed by atoms with E-state index < -0.39 is 0 Å². The Kier molecular flexibility index (Phi) is 2.66. The van der Waals surface area contributed by atoms with Gasteiger partial charge in [0.1, 0.15) is 6.54 Å². The summed E-state index contributed by atoms with van der Waals surface area (Å²) in [4.78, 5) is 4.05. The molecule has 1 aromatic rings. The molecule has 0 amide bonds. The van der Waals surface area contributed by atoms with Gasteiger partial charge in [0.15, 0.2) is 5.76 Å². The van der Waals surface area contributed by atoms with Crippen LogP contribution >= 0.6 is 0 Å². The van der Waals surface area contributed by atoms with Crippen molar-refractivity contribution in [1.82, 2.24) is 5.16 Å². The van der Waals surface area contributed by atoms with E-state index in [1.165, 1.54) is 0 Å². The third-order valence-electron chi connectivity index (χ3n) is 1.29. The molecular formula is C7H11N3O. The third kappa shape index (κ3) is 2.41. The summed E-state index contributed by atoms with van der Waals surface area (Å²) in [6.45, 7) is 2.44. The average molecular weight is 153 g/mol. The predicted octanol–water partition coefficient (Wildman–Crippen LogP) is 0.942. The van der Waals surface area contributed by atoms with Gasteiger partial charge in [-0.1, -0.05) is 12.1 Å². The Bertz CT molecular complexity index is 228. The Morgan fingerprint density at radius 2 is 2.64 bits per heavy atom. The highest BCUT2D eigenvalue weighted by Crippen LogP contribution is 1.98. The molecule has 0 radical (unpaired) electrons. The summed E-state index contributed by atoms with van der Waals surface area (Å²) in [5.41, 5.74) is 5.48. The molecule has 0 aliphatic heterocycles. The topological polar surface area (TPSA) is 64.4 Å². The molecular weight excluding hydrogens is 142 g/mol. The molecule has 0 spiro atoms. The van der Waals surface area contributed by atoms with Crippen molar-refractivity contribution in [1.29, 1.82) is 0 Å². The maximum Gasteiger partial charge on any atom is 0.158 e. The van der Waals surface area contributed by atoms with E-state index in [0.717, 1.165) is 12.2 Å². The molecule has 2 N–H and O–H groups in total. The van der Waals surface area contributed by atoms with E-state index in [-0.39, 0.29) is 0 Å². The molecule has 0 saturated heterocycles. The minimum absolute atomic E-state index is 0.486. The molecule has 1 aromatic heterocycles. The zero-order valence-electron chi connectivity index (χ0n) is 6.45. The summed E-state index contributed by atoms with van der Waals surface area (Å²) < 4.78 is 4.82. The largest absolute Gasteiger partial charge is 0.387 e. The molecule has 0 atom stereocenters. The molecule has 0 unspecified atom stereocenters. The van der Waals surface area contributed by atoms with Gasteiger partial charge in [-0.25, -0.2) is 0 Å². The third-order valence-corrected chi connectivity index (χ3v) is 1.29. The number of aromatic nitrogens is 1. The molecule has 4 heteroatoms. The smallest absolute Gasteiger partial charge is 0.158 e. The van der Waals surface area contributed by atoms with E-state index in [4.69, 9.17) is 10.3 Å². The minimum atomic E-state index is 0.486. The van der Waals surface area contributed by atoms with E-state index in [1.807, 2.05) is 6.92 Å². The number of nitrogens with two attached hydrogens (primary N) is 1. The van der Waals surface area contributed by atoms with E-state index in [2.05, 4.69) is 10.1 Å². The van der Waals surface area contributed by atoms with Crippen LogP contribution in [0.4, 0.5) is 0 Å². The van der Waals surface area contributed by atoms with Gasteiger partial charge < -0.3 is 10.3 Å². The highest BCUT2D eigenvalue weighted by molar-refractivity contribution is 5.79. The van der Waals surface area contributed by atoms with Crippen LogP contribution in [0.15, 0.2) is 21.8 Å². The first-order chi connectivity index (χ1) is 5.33. The normalized spacial score (nSPS) is 11.9. The van der Waals surface area contributed by atoms with Crippen molar-refractivity contribution in [2.75, 3.05) is 0 Å². The van der Waals surface area contributed by atoms with E-state index in [9.17, 15) is 0 Å². The molecule has 0 aliphatic rings. The summed E-state index contributed by atoms with van der Waals surface area (Å²) in [5.74, 6) is 1.38. The molecule has 1 rings (SSSR count). The van der Waals surface area contributed by atoms with Crippen molar-refractivity contribution >= 4 is 5.84 Å². The van der Waals surface area contributed by atoms with Gasteiger partial charge in [0.2, 0.25) is 0 Å². The predicted molar refractivity (Wildman–Crippen MR) is 42.1 cm³/mol. The highest BCUT2D eigenvalue weighted by Gasteiger charge is 1.93. The summed E-state index contributed by atoms with van der Waals surface area (Å²) in [6.07, 6.45) is 2.36. The van der Waals surface area contributed by atoms with Crippen LogP contribution in [0.25, 0.3) is 0 Å². The lowest BCUT2D eigenvalue weighted by atomic mass is 10.4. The van der Waals surface area contributed by atoms with Crippen molar-refractivity contribution in [2.24, 2.45) is 10.7 Å². The molecule has 0 aromatic carbocycles. The monoisotopic (exact) mass is 153 g/mol. The van der Waals surface area contributed by atoms with Gasteiger partial charge in [0.25, 0.3) is 0 Å². The molecule has 0 bridgehead atoms. The second kappa shape index (κ2) is 3.75. The number of hydrogen-bond acceptors (Lipinski definition) is 3. The van der Waals surface area contributed by atoms with Crippen LogP contribution in [-0.2, 0) is 6.54 Å². The first-order valence-corrected chi connectivity index (χ1v) is 3.51. The lowest BCUT2D eigenvalue weighted by Crippen LogP contribution is -2.09. The lowest BCUT2D eigenvalue weighted by Gasteiger charge is -1.92. The molecule has 1 heterocycles. The van der Waals surface area contributed by atoms with Crippen LogP contribution in [0.5, 0.6) is 0 Å². The van der Waals surface area contributed by atoms with Crippen molar-refractivity contribution in [3.63, 3.8) is 0 Å². The van der Waals surface area contributed by atoms with Crippen molar-refractivity contribution in [3.05, 3.63) is 18.0 Å². The number of nitrogens with zero attached hydrogens (tertiary/aromatic N) is 2. The SMILES string of the molecule is CCC(N)=NCc1ccno1. The maximum atomic E-state index is 5.48. The number of amidine groups is 1. The molecule has 60 valence electrons. The van der Waals surface area contributed by atoms with E-state index in [0.29, 0.717) is 12.4 Å². The fraction of sp³-hybridized carbons (Fsp3) is 0.429. The van der Waals surface area contributed by atoms with Gasteiger partial charge >= 0.3 is 0 Å². The second-order valence-corrected chi connectivity index (χ2v) is 2.14. The Morgan fingerprint density at radius 1 is 1.82 bits per heavy atom. The highest BCUT2D eigenvalue weighted by atomic mass is 16.5. The van der Waals surface area contributed by atoms with Crippen LogP contribution in [0.1, 0.15) is 19.1 Å². The lowest BCUT2D eigenvalue weighted by molar-refractivity contribution is 0.385. The van der Waals surface area contributed by atoms with Crippen LogP contribution in [0, 0.1) is 0 Å². The second-order valence-electron chi connectivity index (χ2n) is 2.14. The van der Waals surface area contributed by atoms with Gasteiger partial charge in [0.05, 0.1) is 12.0 Å². The van der Waals surface area contributed by atoms with Crippen molar-refractivity contribution < 1.29 is 4.52 Å². The van der Waals surface area contributed by atoms with Crippen LogP contribution in [0.3, 0.4) is 0 Å². The fourth-order valence-corrected chi connectivity index (χ4v) is 0.615. The molecule has 0 aliphatic carbocycles. The van der Waals surface area contributed by atoms with E-state index in [1.54, 1.807) is 12.3 Å². The van der Waals surface area contributed by atoms with Gasteiger partial charge in [-0.05, 0) is 0 Å². The minimum Gasteiger partial charge on any atom is -0.387 e. The summed E-state index contributed by atoms with van der Waals surface area (Å²) >= 11 is 0. The number of aliphatic imine (C=N–C) groups is 1. The first-order valence-electron chi connectivity index (χ1n) is 3.51. The van der Waals surface area contributed by atoms with Crippen molar-refractivity contribution in [3.8, 4) is 0 Å². The first kappa shape index (κ1) is 7.78. The zero-order chi connectivity index (χ0) is 8.10. The number of hydrogen-bond donors (Lipinski definition) is 1. The van der Waals surface area contributed by atoms with Crippen LogP contribution < -0.4 is 5.73 Å². The molecule has 0 fully saturated rings. The summed E-state index contributed by atoms with van der Waals surface area (Å²) in [5, 5.41) is 3.54. The summed E-state index contributed by atoms with van der Waals surface area (Å²) in [7, 11) is 0. The zero-order valence-corrected chi connectivity index (χ0v) is 6.45. The standard InChI is InChI=1S/C7H11N3O/c1-2-7(8)9-5-6-3-4-10-11-6/h3-4H,2,5H2,1H3,(H2,8,9). The number of rotatable bonds is 3. The van der Waals surface area contributed by atoms with Crippen LogP contribution in [0.2, 0.25) is 0 Å². The van der Waals surface area contributed by atoms with E-state index >= 15 is 0 Å². The average Bonchev–Trinajstić information content (AvgIpc) is 2.52. The van der Waals surface area contributed by atoms with Gasteiger partial charge in [-0.2, -0.15) is 0 Å². The molecule has 11 heavy (non-hydrogen) atoms. The Hall–Kier alpha value is -1.32. The Balaban J connectivity index is 2.45. The van der Waals surface area contributed by atoms with Gasteiger partial charge in [-0.15, -0.1) is 0 Å². The Labute approximate surface area is 65.1 Å². The van der Waals surface area contributed by atoms with Gasteiger partial charge in [-0.3, -0.25) is 4.99 Å². The molecule has 4 nitrogen and oxygen atoms in total. The maximum absolute atomic E-state index is 5.48. The fourth-order valence-electron chi connectivity index (χ4n) is 0.615. The van der Waals surface area contributed by atoms with Gasteiger partial charge in [0, 0.05) is 12.5 Å².